The highest BCUT2D eigenvalue weighted by molar-refractivity contribution is 5.95. The van der Waals surface area contributed by atoms with Crippen LogP contribution in [-0.4, -0.2) is 93.7 Å². The third-order valence-corrected chi connectivity index (χ3v) is 11.1. The van der Waals surface area contributed by atoms with E-state index in [4.69, 9.17) is 14.5 Å². The van der Waals surface area contributed by atoms with Crippen LogP contribution in [-0.2, 0) is 14.3 Å². The number of methoxy groups -OCH3 is 1. The van der Waals surface area contributed by atoms with Gasteiger partial charge in [0.15, 0.2) is 11.5 Å². The predicted molar refractivity (Wildman–Crippen MR) is 212 cm³/mol. The van der Waals surface area contributed by atoms with Crippen molar-refractivity contribution >= 4 is 35.2 Å². The number of amides is 3. The van der Waals surface area contributed by atoms with Crippen LogP contribution in [0.25, 0.3) is 5.69 Å². The van der Waals surface area contributed by atoms with Crippen LogP contribution >= 0.6 is 0 Å². The Bertz CT molecular complexity index is 1930. The minimum atomic E-state index is -0.622. The van der Waals surface area contributed by atoms with Crippen LogP contribution < -0.4 is 25.6 Å². The average molecular weight is 769 g/mol. The van der Waals surface area contributed by atoms with E-state index in [1.807, 2.05) is 37.2 Å². The van der Waals surface area contributed by atoms with Gasteiger partial charge in [-0.15, -0.1) is 0 Å². The van der Waals surface area contributed by atoms with E-state index >= 15 is 0 Å². The lowest BCUT2D eigenvalue weighted by Crippen LogP contribution is -2.56. The second kappa shape index (κ2) is 17.7. The third kappa shape index (κ3) is 8.75. The maximum absolute atomic E-state index is 13.2. The van der Waals surface area contributed by atoms with E-state index in [0.29, 0.717) is 60.7 Å². The molecule has 1 saturated carbocycles. The van der Waals surface area contributed by atoms with E-state index in [1.54, 1.807) is 37.8 Å². The summed E-state index contributed by atoms with van der Waals surface area (Å²) in [6, 6.07) is 7.27. The number of nitrogens with one attached hydrogen (secondary N) is 3. The fourth-order valence-electron chi connectivity index (χ4n) is 8.15. The number of fused-ring (bicyclic) bond motifs is 3. The molecule has 3 amide bonds. The van der Waals surface area contributed by atoms with Crippen molar-refractivity contribution < 1.29 is 23.9 Å². The van der Waals surface area contributed by atoms with Gasteiger partial charge in [0, 0.05) is 37.3 Å². The first-order valence-electron chi connectivity index (χ1n) is 20.0. The van der Waals surface area contributed by atoms with Crippen LogP contribution in [0.5, 0.6) is 5.75 Å². The molecule has 15 nitrogen and oxygen atoms in total. The second-order valence-corrected chi connectivity index (χ2v) is 16.1. The fraction of sp³-hybridized carbons (Fsp3) is 0.585. The molecule has 300 valence electrons. The number of rotatable bonds is 15. The first-order valence-corrected chi connectivity index (χ1v) is 20.0. The zero-order chi connectivity index (χ0) is 40.0. The molecule has 3 aliphatic rings. The summed E-state index contributed by atoms with van der Waals surface area (Å²) in [5.74, 6) is 1.05. The van der Waals surface area contributed by atoms with Crippen LogP contribution in [0.2, 0.25) is 0 Å². The van der Waals surface area contributed by atoms with Crippen molar-refractivity contribution in [3.05, 3.63) is 47.7 Å². The van der Waals surface area contributed by atoms with Gasteiger partial charge in [0.25, 0.3) is 5.91 Å². The van der Waals surface area contributed by atoms with E-state index in [-0.39, 0.29) is 36.4 Å². The van der Waals surface area contributed by atoms with E-state index in [2.05, 4.69) is 43.8 Å². The number of ether oxygens (including phenoxy) is 2. The number of imidazole rings is 1. The number of anilines is 3. The molecule has 3 N–H and O–H groups in total. The van der Waals surface area contributed by atoms with Crippen molar-refractivity contribution in [2.45, 2.75) is 117 Å². The Hall–Kier alpha value is -5.23. The molecule has 3 aromatic rings. The quantitative estimate of drug-likeness (QED) is 0.165. The minimum Gasteiger partial charge on any atom is -0.495 e. The molecular weight excluding hydrogens is 713 g/mol. The molecule has 0 spiro atoms. The van der Waals surface area contributed by atoms with Gasteiger partial charge >= 0.3 is 0 Å². The van der Waals surface area contributed by atoms with Crippen molar-refractivity contribution in [1.82, 2.24) is 35.1 Å². The number of benzene rings is 1. The standard InChI is InChI=1S/C41H56N10O5/c1-7-31-35-30(22-42)45-25-50(35)32-23-44-40(48-37(32)51(31)28-14-8-9-15-28)46-29-17-16-27(21-33(29)55-6)38(53)43-18-10-11-20-56-24-34(52)47-36(41(3,4)5)39(54)49-19-12-13-26(49)2/h16-17,21,23,25-26,28,31,36H,7-15,18-20,24H2,1-6H3,(H,43,53)(H,47,52)(H,44,46,48). The number of aromatic nitrogens is 4. The zero-order valence-corrected chi connectivity index (χ0v) is 33.6. The van der Waals surface area contributed by atoms with Gasteiger partial charge in [-0.1, -0.05) is 40.5 Å². The van der Waals surface area contributed by atoms with Gasteiger partial charge in [0.05, 0.1) is 30.7 Å². The van der Waals surface area contributed by atoms with Crippen LogP contribution in [0, 0.1) is 16.7 Å². The lowest BCUT2D eigenvalue weighted by Gasteiger charge is -2.41. The molecule has 56 heavy (non-hydrogen) atoms. The maximum Gasteiger partial charge on any atom is 0.251 e. The van der Waals surface area contributed by atoms with Gasteiger partial charge < -0.3 is 35.2 Å². The number of carbonyl (C=O) groups excluding carboxylic acids is 3. The lowest BCUT2D eigenvalue weighted by atomic mass is 9.85. The molecule has 2 aliphatic heterocycles. The van der Waals surface area contributed by atoms with Crippen molar-refractivity contribution in [3.8, 4) is 17.5 Å². The molecule has 0 radical (unpaired) electrons. The molecule has 1 aromatic carbocycles. The summed E-state index contributed by atoms with van der Waals surface area (Å²) in [7, 11) is 1.55. The number of nitriles is 1. The third-order valence-electron chi connectivity index (χ3n) is 11.1. The first-order chi connectivity index (χ1) is 26.9. The van der Waals surface area contributed by atoms with Crippen LogP contribution in [0.15, 0.2) is 30.7 Å². The van der Waals surface area contributed by atoms with Crippen LogP contribution in [0.4, 0.5) is 17.5 Å². The van der Waals surface area contributed by atoms with E-state index in [1.165, 1.54) is 0 Å². The lowest BCUT2D eigenvalue weighted by molar-refractivity contribution is -0.141. The molecule has 2 fully saturated rings. The zero-order valence-electron chi connectivity index (χ0n) is 33.6. The number of unbranched alkanes of at least 4 members (excludes halogenated alkanes) is 1. The summed E-state index contributed by atoms with van der Waals surface area (Å²) in [6.45, 7) is 11.4. The number of hydrogen-bond acceptors (Lipinski definition) is 11. The summed E-state index contributed by atoms with van der Waals surface area (Å²) in [6.07, 6.45) is 11.9. The van der Waals surface area contributed by atoms with Gasteiger partial charge in [-0.2, -0.15) is 10.2 Å². The van der Waals surface area contributed by atoms with Gasteiger partial charge in [0.2, 0.25) is 17.8 Å². The topological polar surface area (TPSA) is 180 Å². The highest BCUT2D eigenvalue weighted by Crippen LogP contribution is 2.44. The molecule has 2 aromatic heterocycles. The van der Waals surface area contributed by atoms with Gasteiger partial charge in [-0.05, 0) is 75.5 Å². The summed E-state index contributed by atoms with van der Waals surface area (Å²) in [5, 5.41) is 19.0. The van der Waals surface area contributed by atoms with E-state index in [0.717, 1.165) is 68.7 Å². The monoisotopic (exact) mass is 768 g/mol. The molecule has 3 unspecified atom stereocenters. The highest BCUT2D eigenvalue weighted by atomic mass is 16.5. The number of hydrogen-bond donors (Lipinski definition) is 3. The van der Waals surface area contributed by atoms with Crippen molar-refractivity contribution in [2.75, 3.05) is 43.6 Å². The molecule has 6 rings (SSSR count). The van der Waals surface area contributed by atoms with Gasteiger partial charge in [0.1, 0.15) is 36.5 Å². The molecule has 4 heterocycles. The Balaban J connectivity index is 1.00. The summed E-state index contributed by atoms with van der Waals surface area (Å²) in [5.41, 5.74) is 2.72. The Morgan fingerprint density at radius 2 is 1.88 bits per heavy atom. The predicted octanol–water partition coefficient (Wildman–Crippen LogP) is 5.57. The smallest absolute Gasteiger partial charge is 0.251 e. The molecule has 1 saturated heterocycles. The largest absolute Gasteiger partial charge is 0.495 e. The first kappa shape index (κ1) is 40.4. The van der Waals surface area contributed by atoms with Gasteiger partial charge in [-0.3, -0.25) is 19.0 Å². The second-order valence-electron chi connectivity index (χ2n) is 16.1. The Morgan fingerprint density at radius 1 is 1.09 bits per heavy atom. The molecule has 1 aliphatic carbocycles. The SMILES string of the molecule is CCC1c2c(C#N)ncn2-c2cnc(Nc3ccc(C(=O)NCCCCOCC(=O)NC(C(=O)N4CCCC4C)C(C)(C)C)cc3OC)nc2N1C1CCCC1. The summed E-state index contributed by atoms with van der Waals surface area (Å²) in [4.78, 5) is 57.3. The average Bonchev–Trinajstić information content (AvgIpc) is 3.97. The normalized spacial score (nSPS) is 18.5. The fourth-order valence-corrected chi connectivity index (χ4v) is 8.15. The van der Waals surface area contributed by atoms with E-state index in [9.17, 15) is 19.6 Å². The molecule has 15 heteroatoms. The van der Waals surface area contributed by atoms with Crippen LogP contribution in [0.1, 0.15) is 120 Å². The van der Waals surface area contributed by atoms with Crippen LogP contribution in [0.3, 0.4) is 0 Å². The van der Waals surface area contributed by atoms with Crippen molar-refractivity contribution in [2.24, 2.45) is 5.41 Å². The molecule has 3 atom stereocenters. The summed E-state index contributed by atoms with van der Waals surface area (Å²) >= 11 is 0. The summed E-state index contributed by atoms with van der Waals surface area (Å²) < 4.78 is 13.2. The minimum absolute atomic E-state index is 0.0371. The number of carbonyl (C=O) groups is 3. The highest BCUT2D eigenvalue weighted by Gasteiger charge is 2.40. The van der Waals surface area contributed by atoms with Crippen molar-refractivity contribution in [3.63, 3.8) is 0 Å². The Kier molecular flexibility index (Phi) is 12.8. The molecule has 0 bridgehead atoms. The van der Waals surface area contributed by atoms with Crippen molar-refractivity contribution in [1.29, 1.82) is 5.26 Å². The van der Waals surface area contributed by atoms with E-state index < -0.39 is 11.5 Å². The maximum atomic E-state index is 13.2. The number of nitrogens with zero attached hydrogens (tertiary/aromatic N) is 7. The Labute approximate surface area is 329 Å². The Morgan fingerprint density at radius 3 is 2.55 bits per heavy atom. The number of likely N-dealkylation sites (tertiary alicyclic amines) is 1. The molecular formula is C41H56N10O5. The van der Waals surface area contributed by atoms with Gasteiger partial charge in [-0.25, -0.2) is 9.97 Å².